The molecule has 3 aromatic rings. The largest absolute Gasteiger partial charge is 0.392 e. The first kappa shape index (κ1) is 10.1. The van der Waals surface area contributed by atoms with Gasteiger partial charge in [0, 0.05) is 11.9 Å². The summed E-state index contributed by atoms with van der Waals surface area (Å²) in [5.74, 6) is 0. The Morgan fingerprint density at radius 1 is 0.941 bits per heavy atom. The lowest BCUT2D eigenvalue weighted by molar-refractivity contribution is 0.282. The summed E-state index contributed by atoms with van der Waals surface area (Å²) in [4.78, 5) is 0. The second kappa shape index (κ2) is 4.07. The van der Waals surface area contributed by atoms with Crippen molar-refractivity contribution < 1.29 is 5.11 Å². The molecule has 0 saturated carbocycles. The lowest BCUT2D eigenvalue weighted by Gasteiger charge is -2.06. The number of benzene rings is 2. The zero-order valence-corrected chi connectivity index (χ0v) is 9.38. The third-order valence-electron chi connectivity index (χ3n) is 2.97. The summed E-state index contributed by atoms with van der Waals surface area (Å²) in [5, 5.41) is 10.4. The maximum absolute atomic E-state index is 9.16. The van der Waals surface area contributed by atoms with E-state index in [9.17, 15) is 0 Å². The molecule has 84 valence electrons. The van der Waals surface area contributed by atoms with E-state index in [0.29, 0.717) is 0 Å². The van der Waals surface area contributed by atoms with E-state index in [1.54, 1.807) is 0 Å². The van der Waals surface area contributed by atoms with E-state index in [1.165, 1.54) is 10.9 Å². The fourth-order valence-electron chi connectivity index (χ4n) is 2.11. The highest BCUT2D eigenvalue weighted by molar-refractivity contribution is 5.81. The number of aliphatic hydroxyl groups excluding tert-OH is 1. The summed E-state index contributed by atoms with van der Waals surface area (Å²) in [6.07, 6.45) is 2.06. The van der Waals surface area contributed by atoms with Crippen LogP contribution in [0, 0.1) is 0 Å². The van der Waals surface area contributed by atoms with Gasteiger partial charge < -0.3 is 9.67 Å². The molecular formula is C15H13NO. The Hall–Kier alpha value is -2.06. The molecule has 0 aliphatic rings. The molecule has 1 heterocycles. The van der Waals surface area contributed by atoms with Gasteiger partial charge >= 0.3 is 0 Å². The van der Waals surface area contributed by atoms with Crippen molar-refractivity contribution in [2.45, 2.75) is 6.61 Å². The van der Waals surface area contributed by atoms with Gasteiger partial charge in [0.15, 0.2) is 0 Å². The van der Waals surface area contributed by atoms with Crippen molar-refractivity contribution >= 4 is 10.9 Å². The highest BCUT2D eigenvalue weighted by Gasteiger charge is 2.02. The molecule has 0 unspecified atom stereocenters. The van der Waals surface area contributed by atoms with Gasteiger partial charge in [0.25, 0.3) is 0 Å². The zero-order chi connectivity index (χ0) is 11.7. The summed E-state index contributed by atoms with van der Waals surface area (Å²) < 4.78 is 2.13. The summed E-state index contributed by atoms with van der Waals surface area (Å²) in [6.45, 7) is 0.0764. The highest BCUT2D eigenvalue weighted by atomic mass is 16.3. The number of hydrogen-bond donors (Lipinski definition) is 1. The van der Waals surface area contributed by atoms with Gasteiger partial charge in [0.1, 0.15) is 0 Å². The van der Waals surface area contributed by atoms with Crippen molar-refractivity contribution in [2.75, 3.05) is 0 Å². The average molecular weight is 223 g/mol. The summed E-state index contributed by atoms with van der Waals surface area (Å²) in [6, 6.07) is 18.3. The lowest BCUT2D eigenvalue weighted by atomic mass is 10.2. The van der Waals surface area contributed by atoms with Gasteiger partial charge in [-0.05, 0) is 35.2 Å². The minimum Gasteiger partial charge on any atom is -0.392 e. The summed E-state index contributed by atoms with van der Waals surface area (Å²) >= 11 is 0. The van der Waals surface area contributed by atoms with Gasteiger partial charge in [-0.25, -0.2) is 0 Å². The van der Waals surface area contributed by atoms with Gasteiger partial charge in [-0.15, -0.1) is 0 Å². The monoisotopic (exact) mass is 223 g/mol. The van der Waals surface area contributed by atoms with Gasteiger partial charge in [-0.1, -0.05) is 30.3 Å². The van der Waals surface area contributed by atoms with Crippen LogP contribution in [0.4, 0.5) is 0 Å². The maximum atomic E-state index is 9.16. The fourth-order valence-corrected chi connectivity index (χ4v) is 2.11. The molecule has 0 aliphatic carbocycles. The number of aliphatic hydroxyl groups is 1. The predicted molar refractivity (Wildman–Crippen MR) is 69.2 cm³/mol. The van der Waals surface area contributed by atoms with E-state index in [-0.39, 0.29) is 6.61 Å². The first-order valence-corrected chi connectivity index (χ1v) is 5.65. The van der Waals surface area contributed by atoms with Gasteiger partial charge in [-0.2, -0.15) is 0 Å². The SMILES string of the molecule is OCc1cccc(-n2ccc3ccccc32)c1. The number of fused-ring (bicyclic) bond motifs is 1. The van der Waals surface area contributed by atoms with Crippen molar-refractivity contribution in [1.82, 2.24) is 4.57 Å². The Labute approximate surface area is 99.7 Å². The second-order valence-electron chi connectivity index (χ2n) is 4.07. The quantitative estimate of drug-likeness (QED) is 0.709. The minimum absolute atomic E-state index is 0.0764. The van der Waals surface area contributed by atoms with E-state index >= 15 is 0 Å². The molecule has 0 saturated heterocycles. The number of nitrogens with zero attached hydrogens (tertiary/aromatic N) is 1. The van der Waals surface area contributed by atoms with Crippen LogP contribution in [0.25, 0.3) is 16.6 Å². The van der Waals surface area contributed by atoms with E-state index in [4.69, 9.17) is 5.11 Å². The Kier molecular flexibility index (Phi) is 2.42. The molecule has 2 nitrogen and oxygen atoms in total. The molecule has 2 aromatic carbocycles. The van der Waals surface area contributed by atoms with Crippen LogP contribution < -0.4 is 0 Å². The molecule has 17 heavy (non-hydrogen) atoms. The Morgan fingerprint density at radius 3 is 2.71 bits per heavy atom. The maximum Gasteiger partial charge on any atom is 0.0682 e. The predicted octanol–water partition coefficient (Wildman–Crippen LogP) is 3.12. The molecule has 2 heteroatoms. The molecule has 1 aromatic heterocycles. The standard InChI is InChI=1S/C15H13NO/c17-11-12-4-3-6-14(10-12)16-9-8-13-5-1-2-7-15(13)16/h1-10,17H,11H2. The molecule has 0 radical (unpaired) electrons. The van der Waals surface area contributed by atoms with Crippen LogP contribution in [0.2, 0.25) is 0 Å². The molecule has 1 N–H and O–H groups in total. The van der Waals surface area contributed by atoms with E-state index in [1.807, 2.05) is 36.4 Å². The van der Waals surface area contributed by atoms with E-state index in [0.717, 1.165) is 11.3 Å². The molecule has 3 rings (SSSR count). The highest BCUT2D eigenvalue weighted by Crippen LogP contribution is 2.20. The molecule has 0 spiro atoms. The van der Waals surface area contributed by atoms with Crippen molar-refractivity contribution in [1.29, 1.82) is 0 Å². The van der Waals surface area contributed by atoms with Crippen LogP contribution in [0.5, 0.6) is 0 Å². The van der Waals surface area contributed by atoms with Gasteiger partial charge in [-0.3, -0.25) is 0 Å². The molecule has 0 amide bonds. The van der Waals surface area contributed by atoms with Crippen molar-refractivity contribution in [3.8, 4) is 5.69 Å². The minimum atomic E-state index is 0.0764. The topological polar surface area (TPSA) is 25.2 Å². The smallest absolute Gasteiger partial charge is 0.0682 e. The van der Waals surface area contributed by atoms with Crippen LogP contribution in [-0.4, -0.2) is 9.67 Å². The molecule has 0 fully saturated rings. The Bertz CT molecular complexity index is 655. The first-order valence-electron chi connectivity index (χ1n) is 5.65. The summed E-state index contributed by atoms with van der Waals surface area (Å²) in [5.41, 5.74) is 3.20. The van der Waals surface area contributed by atoms with E-state index < -0.39 is 0 Å². The van der Waals surface area contributed by atoms with Gasteiger partial charge in [0.05, 0.1) is 12.1 Å². The van der Waals surface area contributed by atoms with Gasteiger partial charge in [0.2, 0.25) is 0 Å². The van der Waals surface area contributed by atoms with Crippen LogP contribution in [-0.2, 0) is 6.61 Å². The molecule has 0 bridgehead atoms. The Balaban J connectivity index is 2.20. The molecule has 0 atom stereocenters. The van der Waals surface area contributed by atoms with Crippen LogP contribution in [0.15, 0.2) is 60.8 Å². The number of rotatable bonds is 2. The summed E-state index contributed by atoms with van der Waals surface area (Å²) in [7, 11) is 0. The molecular weight excluding hydrogens is 210 g/mol. The normalized spacial score (nSPS) is 10.9. The average Bonchev–Trinajstić information content (AvgIpc) is 2.82. The van der Waals surface area contributed by atoms with Crippen molar-refractivity contribution in [2.24, 2.45) is 0 Å². The number of para-hydroxylation sites is 1. The third-order valence-corrected chi connectivity index (χ3v) is 2.97. The second-order valence-corrected chi connectivity index (χ2v) is 4.07. The van der Waals surface area contributed by atoms with Crippen LogP contribution in [0.1, 0.15) is 5.56 Å². The zero-order valence-electron chi connectivity index (χ0n) is 9.38. The van der Waals surface area contributed by atoms with E-state index in [2.05, 4.69) is 29.0 Å². The molecule has 0 aliphatic heterocycles. The third kappa shape index (κ3) is 1.73. The first-order chi connectivity index (χ1) is 8.38. The number of aromatic nitrogens is 1. The van der Waals surface area contributed by atoms with Crippen molar-refractivity contribution in [3.63, 3.8) is 0 Å². The fraction of sp³-hybridized carbons (Fsp3) is 0.0667. The van der Waals surface area contributed by atoms with Crippen LogP contribution in [0.3, 0.4) is 0 Å². The number of hydrogen-bond acceptors (Lipinski definition) is 1. The van der Waals surface area contributed by atoms with Crippen molar-refractivity contribution in [3.05, 3.63) is 66.4 Å². The Morgan fingerprint density at radius 2 is 1.82 bits per heavy atom. The van der Waals surface area contributed by atoms with Crippen LogP contribution >= 0.6 is 0 Å². The lowest BCUT2D eigenvalue weighted by Crippen LogP contribution is -1.93.